The SMILES string of the molecule is Cc1cc(C)cc(SC(C)(C)C(C)(C)O)c1. The fourth-order valence-corrected chi connectivity index (χ4v) is 2.74. The van der Waals surface area contributed by atoms with E-state index in [9.17, 15) is 5.11 Å². The fraction of sp³-hybridized carbons (Fsp3) is 0.571. The van der Waals surface area contributed by atoms with E-state index in [1.165, 1.54) is 16.0 Å². The van der Waals surface area contributed by atoms with Crippen LogP contribution in [0.25, 0.3) is 0 Å². The minimum atomic E-state index is -0.699. The summed E-state index contributed by atoms with van der Waals surface area (Å²) < 4.78 is -0.201. The Bertz CT molecular complexity index is 355. The Morgan fingerprint density at radius 1 is 0.938 bits per heavy atom. The smallest absolute Gasteiger partial charge is 0.0735 e. The van der Waals surface area contributed by atoms with Gasteiger partial charge in [0.1, 0.15) is 0 Å². The van der Waals surface area contributed by atoms with Crippen LogP contribution in [0, 0.1) is 13.8 Å². The molecule has 0 fully saturated rings. The highest BCUT2D eigenvalue weighted by Gasteiger charge is 2.35. The second kappa shape index (κ2) is 4.42. The molecule has 0 atom stereocenters. The predicted octanol–water partition coefficient (Wildman–Crippen LogP) is 3.95. The van der Waals surface area contributed by atoms with Crippen LogP contribution in [0.3, 0.4) is 0 Å². The Balaban J connectivity index is 2.96. The summed E-state index contributed by atoms with van der Waals surface area (Å²) in [7, 11) is 0. The molecule has 0 radical (unpaired) electrons. The summed E-state index contributed by atoms with van der Waals surface area (Å²) in [5.74, 6) is 0. The molecule has 1 N–H and O–H groups in total. The Morgan fingerprint density at radius 3 is 1.75 bits per heavy atom. The lowest BCUT2D eigenvalue weighted by atomic mass is 9.94. The molecule has 1 aromatic rings. The first-order valence-electron chi connectivity index (χ1n) is 5.61. The molecule has 0 amide bonds. The fourth-order valence-electron chi connectivity index (χ4n) is 1.41. The average molecular weight is 238 g/mol. The number of aliphatic hydroxyl groups is 1. The summed E-state index contributed by atoms with van der Waals surface area (Å²) in [5.41, 5.74) is 1.85. The number of benzene rings is 1. The molecule has 0 saturated heterocycles. The largest absolute Gasteiger partial charge is 0.389 e. The molecule has 0 aliphatic rings. The summed E-state index contributed by atoms with van der Waals surface area (Å²) in [5, 5.41) is 10.1. The standard InChI is InChI=1S/C14H22OS/c1-10-7-11(2)9-12(8-10)16-14(5,6)13(3,4)15/h7-9,15H,1-6H3. The van der Waals surface area contributed by atoms with Gasteiger partial charge in [0.15, 0.2) is 0 Å². The zero-order valence-electron chi connectivity index (χ0n) is 11.1. The van der Waals surface area contributed by atoms with Crippen LogP contribution in [-0.2, 0) is 0 Å². The molecule has 0 aromatic heterocycles. The first-order valence-corrected chi connectivity index (χ1v) is 6.43. The normalized spacial score (nSPS) is 12.9. The van der Waals surface area contributed by atoms with Gasteiger partial charge in [0.05, 0.1) is 5.60 Å². The lowest BCUT2D eigenvalue weighted by Gasteiger charge is -2.36. The zero-order chi connectivity index (χ0) is 12.6. The number of thioether (sulfide) groups is 1. The van der Waals surface area contributed by atoms with E-state index in [1.807, 2.05) is 13.8 Å². The van der Waals surface area contributed by atoms with E-state index in [1.54, 1.807) is 11.8 Å². The van der Waals surface area contributed by atoms with E-state index >= 15 is 0 Å². The third-order valence-corrected chi connectivity index (χ3v) is 4.52. The van der Waals surface area contributed by atoms with E-state index < -0.39 is 5.60 Å². The van der Waals surface area contributed by atoms with Crippen LogP contribution in [0.15, 0.2) is 23.1 Å². The van der Waals surface area contributed by atoms with E-state index in [0.29, 0.717) is 0 Å². The average Bonchev–Trinajstić information content (AvgIpc) is 1.97. The highest BCUT2D eigenvalue weighted by molar-refractivity contribution is 8.00. The summed E-state index contributed by atoms with van der Waals surface area (Å²) in [4.78, 5) is 1.23. The molecule has 0 heterocycles. The van der Waals surface area contributed by atoms with Gasteiger partial charge < -0.3 is 5.11 Å². The summed E-state index contributed by atoms with van der Waals surface area (Å²) in [6.45, 7) is 12.1. The van der Waals surface area contributed by atoms with E-state index in [-0.39, 0.29) is 4.75 Å². The molecular weight excluding hydrogens is 216 g/mol. The predicted molar refractivity (Wildman–Crippen MR) is 72.1 cm³/mol. The van der Waals surface area contributed by atoms with Crippen LogP contribution < -0.4 is 0 Å². The van der Waals surface area contributed by atoms with Gasteiger partial charge in [-0.3, -0.25) is 0 Å². The Morgan fingerprint density at radius 2 is 1.38 bits per heavy atom. The first kappa shape index (κ1) is 13.6. The molecule has 0 spiro atoms. The maximum absolute atomic E-state index is 10.1. The van der Waals surface area contributed by atoms with Gasteiger partial charge in [-0.05, 0) is 64.8 Å². The number of aryl methyl sites for hydroxylation is 2. The van der Waals surface area contributed by atoms with Crippen molar-refractivity contribution >= 4 is 11.8 Å². The Kier molecular flexibility index (Phi) is 3.76. The lowest BCUT2D eigenvalue weighted by Crippen LogP contribution is -2.42. The highest BCUT2D eigenvalue weighted by atomic mass is 32.2. The number of rotatable bonds is 3. The number of hydrogen-bond acceptors (Lipinski definition) is 2. The maximum atomic E-state index is 10.1. The second-order valence-electron chi connectivity index (χ2n) is 5.49. The molecule has 0 bridgehead atoms. The summed E-state index contributed by atoms with van der Waals surface area (Å²) in [6.07, 6.45) is 0. The van der Waals surface area contributed by atoms with Gasteiger partial charge in [-0.15, -0.1) is 11.8 Å². The zero-order valence-corrected chi connectivity index (χ0v) is 11.9. The van der Waals surface area contributed by atoms with Crippen molar-refractivity contribution in [3.63, 3.8) is 0 Å². The Hall–Kier alpha value is -0.470. The molecule has 90 valence electrons. The molecule has 0 saturated carbocycles. The first-order chi connectivity index (χ1) is 7.12. The second-order valence-corrected chi connectivity index (χ2v) is 7.19. The third-order valence-electron chi connectivity index (χ3n) is 3.04. The third kappa shape index (κ3) is 3.26. The van der Waals surface area contributed by atoms with Crippen LogP contribution in [0.2, 0.25) is 0 Å². The summed E-state index contributed by atoms with van der Waals surface area (Å²) >= 11 is 1.73. The van der Waals surface area contributed by atoms with Crippen molar-refractivity contribution in [1.82, 2.24) is 0 Å². The molecule has 16 heavy (non-hydrogen) atoms. The van der Waals surface area contributed by atoms with Crippen LogP contribution in [0.4, 0.5) is 0 Å². The van der Waals surface area contributed by atoms with Crippen LogP contribution in [0.5, 0.6) is 0 Å². The molecule has 0 aliphatic carbocycles. The van der Waals surface area contributed by atoms with Crippen LogP contribution >= 0.6 is 11.8 Å². The van der Waals surface area contributed by atoms with Crippen molar-refractivity contribution in [2.75, 3.05) is 0 Å². The molecule has 1 nitrogen and oxygen atoms in total. The number of hydrogen-bond donors (Lipinski definition) is 1. The van der Waals surface area contributed by atoms with Crippen LogP contribution in [0.1, 0.15) is 38.8 Å². The van der Waals surface area contributed by atoms with Gasteiger partial charge in [-0.2, -0.15) is 0 Å². The quantitative estimate of drug-likeness (QED) is 0.805. The molecule has 2 heteroatoms. The highest BCUT2D eigenvalue weighted by Crippen LogP contribution is 2.40. The summed E-state index contributed by atoms with van der Waals surface area (Å²) in [6, 6.07) is 6.51. The van der Waals surface area contributed by atoms with Crippen molar-refractivity contribution in [2.45, 2.75) is 56.8 Å². The van der Waals surface area contributed by atoms with Crippen molar-refractivity contribution < 1.29 is 5.11 Å². The minimum Gasteiger partial charge on any atom is -0.389 e. The van der Waals surface area contributed by atoms with Crippen molar-refractivity contribution in [3.05, 3.63) is 29.3 Å². The maximum Gasteiger partial charge on any atom is 0.0735 e. The van der Waals surface area contributed by atoms with E-state index in [2.05, 4.69) is 45.9 Å². The monoisotopic (exact) mass is 238 g/mol. The van der Waals surface area contributed by atoms with Gasteiger partial charge in [0.2, 0.25) is 0 Å². The van der Waals surface area contributed by atoms with E-state index in [4.69, 9.17) is 0 Å². The van der Waals surface area contributed by atoms with Gasteiger partial charge in [-0.25, -0.2) is 0 Å². The molecular formula is C14H22OS. The van der Waals surface area contributed by atoms with Crippen molar-refractivity contribution in [3.8, 4) is 0 Å². The molecule has 0 aliphatic heterocycles. The van der Waals surface area contributed by atoms with Gasteiger partial charge >= 0.3 is 0 Å². The minimum absolute atomic E-state index is 0.201. The Labute approximate surface area is 103 Å². The lowest BCUT2D eigenvalue weighted by molar-refractivity contribution is 0.0492. The van der Waals surface area contributed by atoms with Gasteiger partial charge in [-0.1, -0.05) is 6.07 Å². The molecule has 0 unspecified atom stereocenters. The molecule has 1 aromatic carbocycles. The van der Waals surface area contributed by atoms with E-state index in [0.717, 1.165) is 0 Å². The topological polar surface area (TPSA) is 20.2 Å². The van der Waals surface area contributed by atoms with Gasteiger partial charge in [0.25, 0.3) is 0 Å². The van der Waals surface area contributed by atoms with Gasteiger partial charge in [0, 0.05) is 9.64 Å². The van der Waals surface area contributed by atoms with Crippen molar-refractivity contribution in [1.29, 1.82) is 0 Å². The van der Waals surface area contributed by atoms with Crippen molar-refractivity contribution in [2.24, 2.45) is 0 Å². The van der Waals surface area contributed by atoms with Crippen LogP contribution in [-0.4, -0.2) is 15.5 Å². The molecule has 1 rings (SSSR count).